The number of halogens is 1. The number of aromatic hydroxyl groups is 1. The van der Waals surface area contributed by atoms with E-state index in [0.717, 1.165) is 4.31 Å². The van der Waals surface area contributed by atoms with Gasteiger partial charge in [0.1, 0.15) is 10.6 Å². The number of rotatable bonds is 6. The quantitative estimate of drug-likeness (QED) is 0.702. The van der Waals surface area contributed by atoms with Crippen molar-refractivity contribution >= 4 is 39.2 Å². The van der Waals surface area contributed by atoms with Crippen LogP contribution in [0.15, 0.2) is 47.4 Å². The highest BCUT2D eigenvalue weighted by atomic mass is 35.5. The molecule has 10 heteroatoms. The van der Waals surface area contributed by atoms with Gasteiger partial charge in [0.2, 0.25) is 10.0 Å². The van der Waals surface area contributed by atoms with Gasteiger partial charge in [-0.25, -0.2) is 17.5 Å². The predicted molar refractivity (Wildman–Crippen MR) is 99.3 cm³/mol. The zero-order valence-electron chi connectivity index (χ0n) is 14.5. The second kappa shape index (κ2) is 8.38. The van der Waals surface area contributed by atoms with Crippen molar-refractivity contribution < 1.29 is 27.9 Å². The van der Waals surface area contributed by atoms with Crippen molar-refractivity contribution in [2.75, 3.05) is 26.0 Å². The van der Waals surface area contributed by atoms with E-state index >= 15 is 0 Å². The molecular weight excluding hydrogens is 396 g/mol. The number of anilines is 1. The summed E-state index contributed by atoms with van der Waals surface area (Å²) in [5.74, 6) is -1.56. The highest BCUT2D eigenvalue weighted by Gasteiger charge is 2.21. The molecule has 2 aromatic rings. The molecule has 0 spiro atoms. The summed E-state index contributed by atoms with van der Waals surface area (Å²) < 4.78 is 30.3. The van der Waals surface area contributed by atoms with Crippen molar-refractivity contribution in [3.63, 3.8) is 0 Å². The Morgan fingerprint density at radius 2 is 1.89 bits per heavy atom. The van der Waals surface area contributed by atoms with Gasteiger partial charge < -0.3 is 15.2 Å². The minimum atomic E-state index is -3.79. The minimum absolute atomic E-state index is 0.0111. The summed E-state index contributed by atoms with van der Waals surface area (Å²) in [5.41, 5.74) is 0.270. The van der Waals surface area contributed by atoms with Crippen LogP contribution in [-0.4, -0.2) is 50.4 Å². The average Bonchev–Trinajstić information content (AvgIpc) is 2.61. The zero-order chi connectivity index (χ0) is 20.2. The van der Waals surface area contributed by atoms with Crippen molar-refractivity contribution in [3.8, 4) is 5.75 Å². The van der Waals surface area contributed by atoms with E-state index in [9.17, 15) is 23.1 Å². The molecule has 144 valence electrons. The fourth-order valence-corrected chi connectivity index (χ4v) is 3.41. The van der Waals surface area contributed by atoms with Crippen molar-refractivity contribution in [3.05, 3.63) is 53.1 Å². The maximum atomic E-state index is 12.2. The summed E-state index contributed by atoms with van der Waals surface area (Å²) in [5, 5.41) is 11.8. The Bertz CT molecular complexity index is 975. The van der Waals surface area contributed by atoms with Gasteiger partial charge in [-0.05, 0) is 36.4 Å². The molecule has 0 radical (unpaired) electrons. The zero-order valence-corrected chi connectivity index (χ0v) is 16.0. The molecule has 27 heavy (non-hydrogen) atoms. The second-order valence-electron chi connectivity index (χ2n) is 5.61. The van der Waals surface area contributed by atoms with E-state index in [1.54, 1.807) is 0 Å². The van der Waals surface area contributed by atoms with E-state index in [2.05, 4.69) is 5.32 Å². The molecule has 0 saturated carbocycles. The lowest BCUT2D eigenvalue weighted by atomic mass is 10.2. The number of nitrogens with one attached hydrogen (secondary N) is 1. The first-order valence-electron chi connectivity index (χ1n) is 7.59. The Morgan fingerprint density at radius 3 is 2.52 bits per heavy atom. The lowest BCUT2D eigenvalue weighted by molar-refractivity contribution is -0.119. The lowest BCUT2D eigenvalue weighted by Gasteiger charge is -2.14. The van der Waals surface area contributed by atoms with Gasteiger partial charge in [-0.2, -0.15) is 0 Å². The number of hydrogen-bond acceptors (Lipinski definition) is 6. The van der Waals surface area contributed by atoms with E-state index in [4.69, 9.17) is 16.3 Å². The number of ether oxygens (including phenoxy) is 1. The molecule has 2 aromatic carbocycles. The van der Waals surface area contributed by atoms with Crippen LogP contribution in [0.3, 0.4) is 0 Å². The second-order valence-corrected chi connectivity index (χ2v) is 8.13. The van der Waals surface area contributed by atoms with Crippen LogP contribution in [0.25, 0.3) is 0 Å². The third kappa shape index (κ3) is 5.19. The van der Waals surface area contributed by atoms with Crippen LogP contribution in [0.2, 0.25) is 5.02 Å². The SMILES string of the molecule is CN(C)S(=O)(=O)c1cc(NC(=O)COC(=O)c2cccc(O)c2)ccc1Cl. The first kappa shape index (κ1) is 20.7. The van der Waals surface area contributed by atoms with Crippen LogP contribution >= 0.6 is 11.6 Å². The lowest BCUT2D eigenvalue weighted by Crippen LogP contribution is -2.23. The molecule has 2 rings (SSSR count). The molecule has 0 aliphatic carbocycles. The van der Waals surface area contributed by atoms with Crippen LogP contribution in [0.1, 0.15) is 10.4 Å². The summed E-state index contributed by atoms with van der Waals surface area (Å²) in [7, 11) is -1.07. The summed E-state index contributed by atoms with van der Waals surface area (Å²) in [6, 6.07) is 9.47. The number of nitrogens with zero attached hydrogens (tertiary/aromatic N) is 1. The summed E-state index contributed by atoms with van der Waals surface area (Å²) in [4.78, 5) is 23.6. The average molecular weight is 413 g/mol. The van der Waals surface area contributed by atoms with E-state index in [-0.39, 0.29) is 26.9 Å². The highest BCUT2D eigenvalue weighted by Crippen LogP contribution is 2.26. The van der Waals surface area contributed by atoms with Crippen LogP contribution in [-0.2, 0) is 19.6 Å². The smallest absolute Gasteiger partial charge is 0.338 e. The number of benzene rings is 2. The van der Waals surface area contributed by atoms with Crippen LogP contribution in [0.4, 0.5) is 5.69 Å². The van der Waals surface area contributed by atoms with Gasteiger partial charge in [0, 0.05) is 19.8 Å². The molecule has 0 aliphatic heterocycles. The third-order valence-corrected chi connectivity index (χ3v) is 5.69. The molecule has 0 saturated heterocycles. The number of phenolic OH excluding ortho intramolecular Hbond substituents is 1. The van der Waals surface area contributed by atoms with E-state index < -0.39 is 28.5 Å². The monoisotopic (exact) mass is 412 g/mol. The number of carbonyl (C=O) groups is 2. The van der Waals surface area contributed by atoms with Crippen molar-refractivity contribution in [1.29, 1.82) is 0 Å². The van der Waals surface area contributed by atoms with Gasteiger partial charge in [-0.3, -0.25) is 4.79 Å². The molecule has 0 heterocycles. The third-order valence-electron chi connectivity index (χ3n) is 3.39. The van der Waals surface area contributed by atoms with Gasteiger partial charge >= 0.3 is 5.97 Å². The molecule has 0 bridgehead atoms. The van der Waals surface area contributed by atoms with Gasteiger partial charge in [0.05, 0.1) is 10.6 Å². The van der Waals surface area contributed by atoms with E-state index in [0.29, 0.717) is 0 Å². The number of hydrogen-bond donors (Lipinski definition) is 2. The Balaban J connectivity index is 2.05. The largest absolute Gasteiger partial charge is 0.508 e. The Kier molecular flexibility index (Phi) is 6.42. The van der Waals surface area contributed by atoms with Crippen molar-refractivity contribution in [2.24, 2.45) is 0 Å². The number of phenols is 1. The Hall–Kier alpha value is -2.62. The normalized spacial score (nSPS) is 11.3. The number of sulfonamides is 1. The molecule has 0 aliphatic rings. The van der Waals surface area contributed by atoms with Crippen LogP contribution in [0.5, 0.6) is 5.75 Å². The van der Waals surface area contributed by atoms with E-state index in [1.807, 2.05) is 0 Å². The molecule has 8 nitrogen and oxygen atoms in total. The fourth-order valence-electron chi connectivity index (χ4n) is 2.02. The Labute approximate surface area is 161 Å². The highest BCUT2D eigenvalue weighted by molar-refractivity contribution is 7.89. The predicted octanol–water partition coefficient (Wildman–Crippen LogP) is 2.09. The fraction of sp³-hybridized carbons (Fsp3) is 0.176. The summed E-state index contributed by atoms with van der Waals surface area (Å²) in [6.07, 6.45) is 0. The van der Waals surface area contributed by atoms with Crippen LogP contribution < -0.4 is 5.32 Å². The maximum absolute atomic E-state index is 12.2. The number of carbonyl (C=O) groups excluding carboxylic acids is 2. The first-order chi connectivity index (χ1) is 12.6. The van der Waals surface area contributed by atoms with Gasteiger partial charge in [0.15, 0.2) is 6.61 Å². The molecule has 0 unspecified atom stereocenters. The van der Waals surface area contributed by atoms with Gasteiger partial charge in [-0.15, -0.1) is 0 Å². The minimum Gasteiger partial charge on any atom is -0.508 e. The molecule has 0 atom stereocenters. The Morgan fingerprint density at radius 1 is 1.19 bits per heavy atom. The van der Waals surface area contributed by atoms with Crippen molar-refractivity contribution in [1.82, 2.24) is 4.31 Å². The molecular formula is C17H17ClN2O6S. The summed E-state index contributed by atoms with van der Waals surface area (Å²) in [6.45, 7) is -0.590. The molecule has 2 N–H and O–H groups in total. The standard InChI is InChI=1S/C17H17ClN2O6S/c1-20(2)27(24,25)15-9-12(6-7-14(15)18)19-16(22)10-26-17(23)11-4-3-5-13(21)8-11/h3-9,21H,10H2,1-2H3,(H,19,22). The van der Waals surface area contributed by atoms with Gasteiger partial charge in [0.25, 0.3) is 5.91 Å². The van der Waals surface area contributed by atoms with E-state index in [1.165, 1.54) is 56.6 Å². The van der Waals surface area contributed by atoms with Gasteiger partial charge in [-0.1, -0.05) is 17.7 Å². The first-order valence-corrected chi connectivity index (χ1v) is 9.41. The molecule has 1 amide bonds. The molecule has 0 aromatic heterocycles. The number of amides is 1. The number of esters is 1. The van der Waals surface area contributed by atoms with Crippen LogP contribution in [0, 0.1) is 0 Å². The topological polar surface area (TPSA) is 113 Å². The van der Waals surface area contributed by atoms with Crippen molar-refractivity contribution in [2.45, 2.75) is 4.90 Å². The maximum Gasteiger partial charge on any atom is 0.338 e. The summed E-state index contributed by atoms with van der Waals surface area (Å²) >= 11 is 5.94. The molecule has 0 fully saturated rings.